The fourth-order valence-electron chi connectivity index (χ4n) is 2.03. The Morgan fingerprint density at radius 1 is 1.32 bits per heavy atom. The van der Waals surface area contributed by atoms with Crippen molar-refractivity contribution in [2.24, 2.45) is 5.92 Å². The summed E-state index contributed by atoms with van der Waals surface area (Å²) in [5, 5.41) is 17.8. The second-order valence-electron chi connectivity index (χ2n) is 4.71. The fourth-order valence-corrected chi connectivity index (χ4v) is 2.03. The number of hydrogen-bond donors (Lipinski definition) is 0. The summed E-state index contributed by atoms with van der Waals surface area (Å²) in [6.07, 6.45) is 1.30. The van der Waals surface area contributed by atoms with Gasteiger partial charge >= 0.3 is 0 Å². The molecule has 0 amide bonds. The molecule has 0 fully saturated rings. The second-order valence-corrected chi connectivity index (χ2v) is 4.71. The van der Waals surface area contributed by atoms with E-state index in [2.05, 4.69) is 4.98 Å². The van der Waals surface area contributed by atoms with Crippen molar-refractivity contribution in [1.82, 2.24) is 9.55 Å². The fraction of sp³-hybridized carbons (Fsp3) is 0.200. The van der Waals surface area contributed by atoms with Crippen molar-refractivity contribution in [3.05, 3.63) is 53.1 Å². The molecule has 0 radical (unpaired) electrons. The number of nitrogens with zero attached hydrogens (tertiary/aromatic N) is 4. The van der Waals surface area contributed by atoms with E-state index in [1.54, 1.807) is 13.0 Å². The van der Waals surface area contributed by atoms with Crippen molar-refractivity contribution in [2.75, 3.05) is 0 Å². The molecule has 1 aromatic heterocycles. The van der Waals surface area contributed by atoms with Gasteiger partial charge in [0.2, 0.25) is 0 Å². The Morgan fingerprint density at radius 2 is 2.05 bits per heavy atom. The molecule has 0 aliphatic rings. The molecule has 1 atom stereocenters. The summed E-state index contributed by atoms with van der Waals surface area (Å²) in [6, 6.07) is 6.57. The summed E-state index contributed by atoms with van der Waals surface area (Å²) < 4.78 is 27.5. The lowest BCUT2D eigenvalue weighted by molar-refractivity contribution is 0.0917. The second kappa shape index (κ2) is 6.15. The lowest BCUT2D eigenvalue weighted by atomic mass is 9.99. The Morgan fingerprint density at radius 3 is 2.64 bits per heavy atom. The monoisotopic (exact) mass is 300 g/mol. The largest absolute Gasteiger partial charge is 0.321 e. The molecule has 2 rings (SSSR count). The third-order valence-electron chi connectivity index (χ3n) is 3.17. The predicted octanol–water partition coefficient (Wildman–Crippen LogP) is 2.42. The van der Waals surface area contributed by atoms with Gasteiger partial charge in [0.25, 0.3) is 0 Å². The van der Waals surface area contributed by atoms with Gasteiger partial charge in [-0.2, -0.15) is 10.5 Å². The minimum atomic E-state index is -1.09. The molecule has 0 aliphatic heterocycles. The van der Waals surface area contributed by atoms with Gasteiger partial charge in [0.05, 0.1) is 6.33 Å². The molecule has 7 heteroatoms. The normalized spacial score (nSPS) is 11.5. The number of benzene rings is 1. The van der Waals surface area contributed by atoms with E-state index < -0.39 is 23.3 Å². The standard InChI is InChI=1S/C15H10F2N4O/c1-9(7-21-8-20-13(5-18)14(21)6-19)15(22)10-2-3-11(16)12(17)4-10/h2-4,8-9H,7H2,1H3/t9-/m1/s1. The molecule has 0 saturated heterocycles. The van der Waals surface area contributed by atoms with E-state index in [-0.39, 0.29) is 23.5 Å². The molecule has 5 nitrogen and oxygen atoms in total. The molecule has 1 aromatic carbocycles. The summed E-state index contributed by atoms with van der Waals surface area (Å²) >= 11 is 0. The van der Waals surface area contributed by atoms with Gasteiger partial charge in [-0.1, -0.05) is 6.92 Å². The SMILES string of the molecule is C[C@H](Cn1cnc(C#N)c1C#N)C(=O)c1ccc(F)c(F)c1. The van der Waals surface area contributed by atoms with Crippen molar-refractivity contribution in [1.29, 1.82) is 10.5 Å². The summed E-state index contributed by atoms with van der Waals surface area (Å²) in [7, 11) is 0. The van der Waals surface area contributed by atoms with Crippen LogP contribution in [0.4, 0.5) is 8.78 Å². The van der Waals surface area contributed by atoms with Crippen molar-refractivity contribution < 1.29 is 13.6 Å². The molecular weight excluding hydrogens is 290 g/mol. The van der Waals surface area contributed by atoms with Gasteiger partial charge in [-0.15, -0.1) is 0 Å². The van der Waals surface area contributed by atoms with Crippen molar-refractivity contribution in [3.63, 3.8) is 0 Å². The number of carbonyl (C=O) groups excluding carboxylic acids is 1. The number of halogens is 2. The van der Waals surface area contributed by atoms with Crippen molar-refractivity contribution in [3.8, 4) is 12.1 Å². The van der Waals surface area contributed by atoms with Crippen LogP contribution in [-0.4, -0.2) is 15.3 Å². The summed E-state index contributed by atoms with van der Waals surface area (Å²) in [5.74, 6) is -3.11. The molecule has 110 valence electrons. The van der Waals surface area contributed by atoms with Crippen LogP contribution in [0.2, 0.25) is 0 Å². The molecular formula is C15H10F2N4O. The van der Waals surface area contributed by atoms with Gasteiger partial charge in [-0.05, 0) is 18.2 Å². The number of imidazole rings is 1. The molecule has 22 heavy (non-hydrogen) atoms. The van der Waals surface area contributed by atoms with E-state index in [0.717, 1.165) is 12.1 Å². The number of Topliss-reactive ketones (excluding diaryl/α,β-unsaturated/α-hetero) is 1. The first-order chi connectivity index (χ1) is 10.5. The minimum absolute atomic E-state index is 0.0185. The molecule has 1 heterocycles. The molecule has 0 spiro atoms. The van der Waals surface area contributed by atoms with Gasteiger partial charge < -0.3 is 4.57 Å². The highest BCUT2D eigenvalue weighted by Crippen LogP contribution is 2.16. The topological polar surface area (TPSA) is 82.5 Å². The molecule has 0 bridgehead atoms. The molecule has 0 aliphatic carbocycles. The molecule has 2 aromatic rings. The lowest BCUT2D eigenvalue weighted by Crippen LogP contribution is -2.18. The van der Waals surface area contributed by atoms with Gasteiger partial charge in [0.15, 0.2) is 28.8 Å². The lowest BCUT2D eigenvalue weighted by Gasteiger charge is -2.12. The third-order valence-corrected chi connectivity index (χ3v) is 3.17. The maximum absolute atomic E-state index is 13.2. The van der Waals surface area contributed by atoms with Crippen LogP contribution in [0.25, 0.3) is 0 Å². The highest BCUT2D eigenvalue weighted by molar-refractivity contribution is 5.97. The maximum atomic E-state index is 13.2. The van der Waals surface area contributed by atoms with Gasteiger partial charge in [0.1, 0.15) is 12.1 Å². The average molecular weight is 300 g/mol. The van der Waals surface area contributed by atoms with Crippen LogP contribution in [0.1, 0.15) is 28.7 Å². The van der Waals surface area contributed by atoms with Gasteiger partial charge in [-0.25, -0.2) is 13.8 Å². The number of ketones is 1. The van der Waals surface area contributed by atoms with Crippen molar-refractivity contribution in [2.45, 2.75) is 13.5 Å². The van der Waals surface area contributed by atoms with Crippen LogP contribution in [0, 0.1) is 40.2 Å². The molecule has 0 N–H and O–H groups in total. The number of rotatable bonds is 4. The molecule has 0 unspecified atom stereocenters. The summed E-state index contributed by atoms with van der Waals surface area (Å²) in [4.78, 5) is 16.0. The van der Waals surface area contributed by atoms with Crippen molar-refractivity contribution >= 4 is 5.78 Å². The first kappa shape index (κ1) is 15.3. The van der Waals surface area contributed by atoms with Gasteiger partial charge in [0, 0.05) is 18.0 Å². The average Bonchev–Trinajstić information content (AvgIpc) is 2.90. The first-order valence-electron chi connectivity index (χ1n) is 6.32. The zero-order valence-electron chi connectivity index (χ0n) is 11.5. The Kier molecular flexibility index (Phi) is 4.28. The predicted molar refractivity (Wildman–Crippen MR) is 71.5 cm³/mol. The van der Waals surface area contributed by atoms with Crippen LogP contribution in [-0.2, 0) is 6.54 Å². The number of hydrogen-bond acceptors (Lipinski definition) is 4. The number of carbonyl (C=O) groups is 1. The van der Waals surface area contributed by atoms with E-state index in [0.29, 0.717) is 0 Å². The van der Waals surface area contributed by atoms with Crippen LogP contribution in [0.3, 0.4) is 0 Å². The quantitative estimate of drug-likeness (QED) is 0.812. The minimum Gasteiger partial charge on any atom is -0.321 e. The van der Waals surface area contributed by atoms with Crippen LogP contribution in [0.5, 0.6) is 0 Å². The third kappa shape index (κ3) is 2.84. The van der Waals surface area contributed by atoms with E-state index in [1.165, 1.54) is 17.0 Å². The van der Waals surface area contributed by atoms with E-state index in [1.807, 2.05) is 6.07 Å². The number of nitriles is 2. The Balaban J connectivity index is 2.22. The van der Waals surface area contributed by atoms with E-state index >= 15 is 0 Å². The van der Waals surface area contributed by atoms with Gasteiger partial charge in [-0.3, -0.25) is 4.79 Å². The summed E-state index contributed by atoms with van der Waals surface area (Å²) in [6.45, 7) is 1.70. The number of aromatic nitrogens is 2. The summed E-state index contributed by atoms with van der Waals surface area (Å²) in [5.41, 5.74) is 0.0907. The Labute approximate surface area is 125 Å². The molecule has 0 saturated carbocycles. The van der Waals surface area contributed by atoms with E-state index in [9.17, 15) is 13.6 Å². The van der Waals surface area contributed by atoms with E-state index in [4.69, 9.17) is 10.5 Å². The maximum Gasteiger partial charge on any atom is 0.176 e. The zero-order valence-corrected chi connectivity index (χ0v) is 11.5. The van der Waals surface area contributed by atoms with Crippen LogP contribution in [0.15, 0.2) is 24.5 Å². The first-order valence-corrected chi connectivity index (χ1v) is 6.32. The zero-order chi connectivity index (χ0) is 16.3. The van der Waals surface area contributed by atoms with Crippen LogP contribution < -0.4 is 0 Å². The smallest absolute Gasteiger partial charge is 0.176 e. The Bertz CT molecular complexity index is 814. The highest BCUT2D eigenvalue weighted by atomic mass is 19.2. The van der Waals surface area contributed by atoms with Crippen LogP contribution >= 0.6 is 0 Å². The highest BCUT2D eigenvalue weighted by Gasteiger charge is 2.20. The Hall–Kier alpha value is -3.06.